The molecule has 0 fully saturated rings. The highest BCUT2D eigenvalue weighted by molar-refractivity contribution is 6.22. The van der Waals surface area contributed by atoms with E-state index in [2.05, 4.69) is 5.32 Å². The van der Waals surface area contributed by atoms with Gasteiger partial charge in [0.25, 0.3) is 11.8 Å². The summed E-state index contributed by atoms with van der Waals surface area (Å²) < 4.78 is 11.9. The van der Waals surface area contributed by atoms with Crippen molar-refractivity contribution in [1.29, 1.82) is 0 Å². The molecule has 5 amide bonds. The molecule has 0 spiro atoms. The lowest BCUT2D eigenvalue weighted by Crippen LogP contribution is -2.38. The average molecular weight is 490 g/mol. The topological polar surface area (TPSA) is 131 Å². The monoisotopic (exact) mass is 489 g/mol. The molecule has 2 N–H and O–H groups in total. The number of carbonyl (C=O) groups is 5. The van der Waals surface area contributed by atoms with Gasteiger partial charge in [0.1, 0.15) is 5.75 Å². The highest BCUT2D eigenvalue weighted by Gasteiger charge is 2.41. The predicted octanol–water partition coefficient (Wildman–Crippen LogP) is 1.92. The molecule has 1 aromatic carbocycles. The van der Waals surface area contributed by atoms with Crippen molar-refractivity contribution >= 4 is 30.5 Å². The number of amides is 5. The van der Waals surface area contributed by atoms with Gasteiger partial charge in [0, 0.05) is 29.8 Å². The Morgan fingerprint density at radius 3 is 2.37 bits per heavy atom. The second kappa shape index (κ2) is 11.9. The third-order valence-corrected chi connectivity index (χ3v) is 5.63. The predicted molar refractivity (Wildman–Crippen MR) is 128 cm³/mol. The van der Waals surface area contributed by atoms with Crippen LogP contribution >= 0.6 is 0 Å². The van der Waals surface area contributed by atoms with Crippen molar-refractivity contribution < 1.29 is 33.4 Å². The quantitative estimate of drug-likeness (QED) is 0.284. The SMILES string of the molecule is CC(CCC(=O)NC=O)N1C(=O)c2cccc(OCC(C)(C)COCC(C)(C)CNC=O)c2C1=O. The Morgan fingerprint density at radius 2 is 1.71 bits per heavy atom. The third-order valence-electron chi connectivity index (χ3n) is 5.63. The van der Waals surface area contributed by atoms with Crippen LogP contribution in [-0.4, -0.2) is 67.8 Å². The second-order valence-corrected chi connectivity index (χ2v) is 10.3. The average Bonchev–Trinajstić information content (AvgIpc) is 3.05. The van der Waals surface area contributed by atoms with E-state index in [0.29, 0.717) is 38.3 Å². The first-order valence-corrected chi connectivity index (χ1v) is 11.5. The molecule has 0 saturated carbocycles. The molecule has 192 valence electrons. The number of nitrogens with one attached hydrogen (secondary N) is 2. The molecule has 0 saturated heterocycles. The number of ether oxygens (including phenoxy) is 2. The first-order valence-electron chi connectivity index (χ1n) is 11.5. The molecule has 1 unspecified atom stereocenters. The molecular formula is C25H35N3O7. The van der Waals surface area contributed by atoms with Crippen LogP contribution < -0.4 is 15.4 Å². The Hall–Kier alpha value is -3.27. The van der Waals surface area contributed by atoms with Gasteiger partial charge in [-0.25, -0.2) is 0 Å². The van der Waals surface area contributed by atoms with Crippen molar-refractivity contribution in [2.24, 2.45) is 10.8 Å². The van der Waals surface area contributed by atoms with Crippen LogP contribution in [0.15, 0.2) is 18.2 Å². The lowest BCUT2D eigenvalue weighted by molar-refractivity contribution is -0.125. The van der Waals surface area contributed by atoms with Gasteiger partial charge in [-0.1, -0.05) is 33.8 Å². The van der Waals surface area contributed by atoms with Crippen LogP contribution in [0.4, 0.5) is 0 Å². The van der Waals surface area contributed by atoms with Gasteiger partial charge >= 0.3 is 0 Å². The first kappa shape index (κ1) is 28.0. The molecule has 1 aliphatic heterocycles. The van der Waals surface area contributed by atoms with E-state index < -0.39 is 23.8 Å². The van der Waals surface area contributed by atoms with Crippen LogP contribution in [-0.2, 0) is 19.1 Å². The minimum Gasteiger partial charge on any atom is -0.492 e. The summed E-state index contributed by atoms with van der Waals surface area (Å²) in [5, 5.41) is 4.71. The maximum absolute atomic E-state index is 13.1. The number of fused-ring (bicyclic) bond motifs is 1. The van der Waals surface area contributed by atoms with E-state index >= 15 is 0 Å². The van der Waals surface area contributed by atoms with Crippen molar-refractivity contribution in [2.45, 2.75) is 53.5 Å². The molecular weight excluding hydrogens is 454 g/mol. The zero-order chi connectivity index (χ0) is 26.2. The van der Waals surface area contributed by atoms with Gasteiger partial charge in [0.2, 0.25) is 18.7 Å². The Bertz CT molecular complexity index is 958. The van der Waals surface area contributed by atoms with Crippen LogP contribution in [0.2, 0.25) is 0 Å². The molecule has 1 heterocycles. The van der Waals surface area contributed by atoms with E-state index in [1.165, 1.54) is 0 Å². The fourth-order valence-electron chi connectivity index (χ4n) is 3.69. The number of hydrogen-bond donors (Lipinski definition) is 2. The molecule has 10 heteroatoms. The highest BCUT2D eigenvalue weighted by atomic mass is 16.5. The van der Waals surface area contributed by atoms with Gasteiger partial charge < -0.3 is 14.8 Å². The molecule has 0 aliphatic carbocycles. The van der Waals surface area contributed by atoms with Gasteiger partial charge in [-0.3, -0.25) is 34.2 Å². The zero-order valence-electron chi connectivity index (χ0n) is 21.0. The number of imide groups is 2. The Morgan fingerprint density at radius 1 is 1.03 bits per heavy atom. The van der Waals surface area contributed by atoms with Gasteiger partial charge in [-0.2, -0.15) is 0 Å². The van der Waals surface area contributed by atoms with Crippen molar-refractivity contribution in [3.8, 4) is 5.75 Å². The molecule has 10 nitrogen and oxygen atoms in total. The fourth-order valence-corrected chi connectivity index (χ4v) is 3.69. The molecule has 0 aromatic heterocycles. The maximum Gasteiger partial charge on any atom is 0.265 e. The van der Waals surface area contributed by atoms with Gasteiger partial charge in [-0.15, -0.1) is 0 Å². The number of nitrogens with zero attached hydrogens (tertiary/aromatic N) is 1. The highest BCUT2D eigenvalue weighted by Crippen LogP contribution is 2.34. The minimum absolute atomic E-state index is 0.00682. The van der Waals surface area contributed by atoms with E-state index in [1.54, 1.807) is 25.1 Å². The number of benzene rings is 1. The van der Waals surface area contributed by atoms with Crippen molar-refractivity contribution in [1.82, 2.24) is 15.5 Å². The zero-order valence-corrected chi connectivity index (χ0v) is 21.0. The smallest absolute Gasteiger partial charge is 0.265 e. The van der Waals surface area contributed by atoms with Crippen molar-refractivity contribution in [3.63, 3.8) is 0 Å². The number of rotatable bonds is 15. The summed E-state index contributed by atoms with van der Waals surface area (Å²) in [6.45, 7) is 11.2. The Labute approximate surface area is 205 Å². The van der Waals surface area contributed by atoms with E-state index in [0.717, 1.165) is 4.90 Å². The van der Waals surface area contributed by atoms with Crippen molar-refractivity contribution in [2.75, 3.05) is 26.4 Å². The fraction of sp³-hybridized carbons (Fsp3) is 0.560. The number of hydrogen-bond acceptors (Lipinski definition) is 7. The molecule has 0 bridgehead atoms. The minimum atomic E-state index is -0.533. The Kier molecular flexibility index (Phi) is 9.53. The summed E-state index contributed by atoms with van der Waals surface area (Å²) in [4.78, 5) is 59.7. The summed E-state index contributed by atoms with van der Waals surface area (Å²) in [6, 6.07) is 4.37. The van der Waals surface area contributed by atoms with Crippen molar-refractivity contribution in [3.05, 3.63) is 29.3 Å². The standard InChI is InChI=1S/C25H35N3O7/c1-17(9-10-20(31)27-16-30)28-22(32)18-7-6-8-19(21(18)23(28)33)35-14-25(4,5)13-34-12-24(2,3)11-26-15-29/h6-8,15-17H,9-14H2,1-5H3,(H,26,29)(H,27,30,31). The largest absolute Gasteiger partial charge is 0.492 e. The lowest BCUT2D eigenvalue weighted by atomic mass is 9.93. The molecule has 1 aliphatic rings. The summed E-state index contributed by atoms with van der Waals surface area (Å²) in [6.07, 6.45) is 1.20. The van der Waals surface area contributed by atoms with Crippen LogP contribution in [0, 0.1) is 10.8 Å². The van der Waals surface area contributed by atoms with Crippen LogP contribution in [0.1, 0.15) is 68.2 Å². The van der Waals surface area contributed by atoms with E-state index in [-0.39, 0.29) is 41.4 Å². The summed E-state index contributed by atoms with van der Waals surface area (Å²) in [7, 11) is 0. The molecule has 1 aromatic rings. The lowest BCUT2D eigenvalue weighted by Gasteiger charge is -2.29. The summed E-state index contributed by atoms with van der Waals surface area (Å²) >= 11 is 0. The van der Waals surface area contributed by atoms with Crippen LogP contribution in [0.25, 0.3) is 0 Å². The van der Waals surface area contributed by atoms with Gasteiger partial charge in [0.05, 0.1) is 30.9 Å². The third kappa shape index (κ3) is 7.61. The van der Waals surface area contributed by atoms with Crippen LogP contribution in [0.5, 0.6) is 5.75 Å². The summed E-state index contributed by atoms with van der Waals surface area (Å²) in [5.41, 5.74) is -0.143. The molecule has 1 atom stereocenters. The molecule has 0 radical (unpaired) electrons. The van der Waals surface area contributed by atoms with Gasteiger partial charge in [-0.05, 0) is 25.5 Å². The second-order valence-electron chi connectivity index (χ2n) is 10.3. The van der Waals surface area contributed by atoms with E-state index in [9.17, 15) is 24.0 Å². The molecule has 2 rings (SSSR count). The number of carbonyl (C=O) groups excluding carboxylic acids is 5. The maximum atomic E-state index is 13.1. The first-order chi connectivity index (χ1) is 16.4. The van der Waals surface area contributed by atoms with E-state index in [1.807, 2.05) is 33.0 Å². The summed E-state index contributed by atoms with van der Waals surface area (Å²) in [5.74, 6) is -1.06. The normalized spacial score (nSPS) is 14.4. The molecule has 35 heavy (non-hydrogen) atoms. The van der Waals surface area contributed by atoms with Crippen LogP contribution in [0.3, 0.4) is 0 Å². The Balaban J connectivity index is 2.02. The van der Waals surface area contributed by atoms with Gasteiger partial charge in [0.15, 0.2) is 0 Å². The van der Waals surface area contributed by atoms with E-state index in [4.69, 9.17) is 9.47 Å².